The third kappa shape index (κ3) is 14.5. The molecule has 0 spiro atoms. The molecule has 0 saturated carbocycles. The average Bonchev–Trinajstić information content (AvgIpc) is 2.93. The number of nitrogens with two attached hydrogens (primary N) is 1. The fraction of sp³-hybridized carbons (Fsp3) is 0.467. The number of urea groups is 2. The van der Waals surface area contributed by atoms with Gasteiger partial charge in [0.15, 0.2) is 0 Å². The predicted octanol–water partition coefficient (Wildman–Crippen LogP) is 5.61. The van der Waals surface area contributed by atoms with Gasteiger partial charge in [0.2, 0.25) is 0 Å². The number of carboxylic acids is 2. The summed E-state index contributed by atoms with van der Waals surface area (Å²) in [6.07, 6.45) is 1.47. The number of carboxylic acid groups (broad SMARTS) is 2. The van der Waals surface area contributed by atoms with E-state index >= 15 is 0 Å². The van der Waals surface area contributed by atoms with E-state index in [0.29, 0.717) is 30.5 Å². The summed E-state index contributed by atoms with van der Waals surface area (Å²) in [6, 6.07) is 8.71. The quantitative estimate of drug-likeness (QED) is 0.0954. The smallest absolute Gasteiger partial charge is 0.326 e. The van der Waals surface area contributed by atoms with E-state index in [1.807, 2.05) is 37.8 Å². The lowest BCUT2D eigenvalue weighted by Gasteiger charge is -2.25. The Morgan fingerprint density at radius 2 is 1.41 bits per heavy atom. The Hall–Kier alpha value is -3.90. The van der Waals surface area contributed by atoms with Gasteiger partial charge in [-0.1, -0.05) is 13.3 Å². The number of nitrogens with zero attached hydrogens (tertiary/aromatic N) is 1. The van der Waals surface area contributed by atoms with E-state index in [2.05, 4.69) is 28.2 Å². The Labute approximate surface area is 268 Å². The molecule has 2 unspecified atom stereocenters. The molecule has 244 valence electrons. The molecule has 12 nitrogen and oxygen atoms in total. The standard InChI is InChI=1S/C17H23Cl2N3O5.C13H21N3O/c1-11-10-12(2-4-14(11)22(8-6-18)9-7-19)20-17(27)21-13(16(25)26)3-5-15(23)24;1-4-5-10(3)15-13(17)16-11-6-7-12(14)9(2)8-11/h2,4,10,13H,3,5-9H2,1H3,(H,23,24)(H,25,26)(H2,20,21,27);6-8,10H,4-5,14H2,1-3H3,(H2,15,16,17). The summed E-state index contributed by atoms with van der Waals surface area (Å²) in [5.74, 6) is -1.53. The minimum atomic E-state index is -1.30. The van der Waals surface area contributed by atoms with Crippen molar-refractivity contribution in [3.8, 4) is 0 Å². The van der Waals surface area contributed by atoms with Gasteiger partial charge in [0.1, 0.15) is 6.04 Å². The number of aliphatic carboxylic acids is 2. The van der Waals surface area contributed by atoms with Crippen LogP contribution in [0.25, 0.3) is 0 Å². The van der Waals surface area contributed by atoms with Crippen LogP contribution >= 0.6 is 23.2 Å². The summed E-state index contributed by atoms with van der Waals surface area (Å²) >= 11 is 11.6. The van der Waals surface area contributed by atoms with Gasteiger partial charge >= 0.3 is 24.0 Å². The van der Waals surface area contributed by atoms with Crippen LogP contribution < -0.4 is 31.9 Å². The zero-order valence-corrected chi connectivity index (χ0v) is 27.1. The summed E-state index contributed by atoms with van der Waals surface area (Å²) in [5, 5.41) is 28.2. The highest BCUT2D eigenvalue weighted by molar-refractivity contribution is 6.18. The second kappa shape index (κ2) is 20.1. The number of rotatable bonds is 15. The van der Waals surface area contributed by atoms with E-state index in [4.69, 9.17) is 39.1 Å². The lowest BCUT2D eigenvalue weighted by Crippen LogP contribution is -2.43. The Bertz CT molecular complexity index is 1240. The normalized spacial score (nSPS) is 11.7. The number of nitrogens with one attached hydrogen (secondary N) is 4. The van der Waals surface area contributed by atoms with E-state index in [9.17, 15) is 19.2 Å². The van der Waals surface area contributed by atoms with Gasteiger partial charge in [0.05, 0.1) is 0 Å². The molecule has 0 aliphatic heterocycles. The average molecular weight is 656 g/mol. The van der Waals surface area contributed by atoms with E-state index in [-0.39, 0.29) is 24.9 Å². The summed E-state index contributed by atoms with van der Waals surface area (Å²) in [6.45, 7) is 9.15. The number of alkyl halides is 2. The van der Waals surface area contributed by atoms with Crippen LogP contribution in [0.1, 0.15) is 50.7 Å². The van der Waals surface area contributed by atoms with Crippen LogP contribution in [0.15, 0.2) is 36.4 Å². The maximum absolute atomic E-state index is 12.0. The fourth-order valence-corrected chi connectivity index (χ4v) is 4.55. The third-order valence-corrected chi connectivity index (χ3v) is 6.72. The highest BCUT2D eigenvalue weighted by Gasteiger charge is 2.21. The number of aryl methyl sites for hydroxylation is 2. The van der Waals surface area contributed by atoms with Crippen molar-refractivity contribution in [3.05, 3.63) is 47.5 Å². The topological polar surface area (TPSA) is 186 Å². The molecule has 0 bridgehead atoms. The third-order valence-electron chi connectivity index (χ3n) is 6.38. The first-order valence-electron chi connectivity index (χ1n) is 14.2. The van der Waals surface area contributed by atoms with Crippen molar-refractivity contribution in [1.82, 2.24) is 10.6 Å². The van der Waals surface area contributed by atoms with Crippen LogP contribution in [-0.2, 0) is 9.59 Å². The molecule has 0 fully saturated rings. The van der Waals surface area contributed by atoms with Crippen molar-refractivity contribution < 1.29 is 29.4 Å². The second-order valence-electron chi connectivity index (χ2n) is 10.1. The molecule has 4 amide bonds. The number of carbonyl (C=O) groups is 4. The minimum absolute atomic E-state index is 0.171. The van der Waals surface area contributed by atoms with Crippen LogP contribution in [0, 0.1) is 13.8 Å². The van der Waals surface area contributed by atoms with Gasteiger partial charge in [-0.3, -0.25) is 4.79 Å². The second-order valence-corrected chi connectivity index (χ2v) is 10.9. The van der Waals surface area contributed by atoms with Crippen molar-refractivity contribution in [2.75, 3.05) is 46.1 Å². The number of halogens is 2. The van der Waals surface area contributed by atoms with Crippen LogP contribution in [0.5, 0.6) is 0 Å². The minimum Gasteiger partial charge on any atom is -0.481 e. The molecular formula is C30H44Cl2N6O6. The maximum Gasteiger partial charge on any atom is 0.326 e. The lowest BCUT2D eigenvalue weighted by molar-refractivity contribution is -0.140. The van der Waals surface area contributed by atoms with Gasteiger partial charge in [0, 0.05) is 60.1 Å². The number of benzene rings is 2. The molecule has 0 radical (unpaired) electrons. The van der Waals surface area contributed by atoms with Crippen molar-refractivity contribution in [1.29, 1.82) is 0 Å². The zero-order chi connectivity index (χ0) is 33.2. The van der Waals surface area contributed by atoms with Gasteiger partial charge in [-0.05, 0) is 81.1 Å². The first-order chi connectivity index (χ1) is 20.8. The van der Waals surface area contributed by atoms with E-state index < -0.39 is 24.0 Å². The van der Waals surface area contributed by atoms with Gasteiger partial charge < -0.3 is 42.1 Å². The number of hydrogen-bond donors (Lipinski definition) is 7. The van der Waals surface area contributed by atoms with Crippen molar-refractivity contribution in [2.45, 2.75) is 65.5 Å². The summed E-state index contributed by atoms with van der Waals surface area (Å²) in [7, 11) is 0. The predicted molar refractivity (Wildman–Crippen MR) is 177 cm³/mol. The zero-order valence-electron chi connectivity index (χ0n) is 25.6. The molecule has 0 aliphatic rings. The molecule has 8 N–H and O–H groups in total. The van der Waals surface area contributed by atoms with Gasteiger partial charge in [-0.25, -0.2) is 14.4 Å². The Kier molecular flexibility index (Phi) is 17.4. The van der Waals surface area contributed by atoms with Gasteiger partial charge in [-0.2, -0.15) is 0 Å². The highest BCUT2D eigenvalue weighted by atomic mass is 35.5. The van der Waals surface area contributed by atoms with Crippen LogP contribution in [0.2, 0.25) is 0 Å². The first kappa shape index (κ1) is 38.1. The van der Waals surface area contributed by atoms with Gasteiger partial charge in [-0.15, -0.1) is 23.2 Å². The van der Waals surface area contributed by atoms with Crippen LogP contribution in [0.4, 0.5) is 32.3 Å². The summed E-state index contributed by atoms with van der Waals surface area (Å²) in [4.78, 5) is 47.4. The molecule has 2 rings (SSSR count). The highest BCUT2D eigenvalue weighted by Crippen LogP contribution is 2.24. The number of carbonyl (C=O) groups excluding carboxylic acids is 2. The van der Waals surface area contributed by atoms with E-state index in [0.717, 1.165) is 41.0 Å². The molecule has 44 heavy (non-hydrogen) atoms. The number of hydrogen-bond acceptors (Lipinski definition) is 6. The Balaban J connectivity index is 0.000000488. The number of anilines is 4. The number of nitrogen functional groups attached to an aromatic ring is 1. The number of amides is 4. The monoisotopic (exact) mass is 654 g/mol. The van der Waals surface area contributed by atoms with Gasteiger partial charge in [0.25, 0.3) is 0 Å². The molecule has 0 heterocycles. The lowest BCUT2D eigenvalue weighted by atomic mass is 10.1. The molecule has 0 aromatic heterocycles. The Morgan fingerprint density at radius 1 is 0.864 bits per heavy atom. The molecule has 14 heteroatoms. The fourth-order valence-electron chi connectivity index (χ4n) is 4.14. The largest absolute Gasteiger partial charge is 0.481 e. The summed E-state index contributed by atoms with van der Waals surface area (Å²) in [5.41, 5.74) is 10.5. The van der Waals surface area contributed by atoms with Crippen molar-refractivity contribution >= 4 is 70.0 Å². The summed E-state index contributed by atoms with van der Waals surface area (Å²) < 4.78 is 0. The molecule has 0 saturated heterocycles. The van der Waals surface area contributed by atoms with E-state index in [1.165, 1.54) is 0 Å². The van der Waals surface area contributed by atoms with E-state index in [1.54, 1.807) is 24.3 Å². The van der Waals surface area contributed by atoms with Crippen molar-refractivity contribution in [2.24, 2.45) is 0 Å². The molecule has 2 atom stereocenters. The van der Waals surface area contributed by atoms with Crippen LogP contribution in [0.3, 0.4) is 0 Å². The van der Waals surface area contributed by atoms with Crippen molar-refractivity contribution in [3.63, 3.8) is 0 Å². The SMILES string of the molecule is CCCC(C)NC(=O)Nc1ccc(N)c(C)c1.Cc1cc(NC(=O)NC(CCC(=O)O)C(=O)O)ccc1N(CCCl)CCCl. The molecule has 2 aromatic rings. The first-order valence-corrected chi connectivity index (χ1v) is 15.3. The molecule has 0 aliphatic carbocycles. The molecular weight excluding hydrogens is 611 g/mol. The Morgan fingerprint density at radius 3 is 1.89 bits per heavy atom. The molecule has 2 aromatic carbocycles. The maximum atomic E-state index is 12.0. The van der Waals surface area contributed by atoms with Crippen LogP contribution in [-0.4, -0.2) is 71.1 Å².